The van der Waals surface area contributed by atoms with E-state index in [1.807, 2.05) is 6.20 Å². The third kappa shape index (κ3) is 5.81. The predicted octanol–water partition coefficient (Wildman–Crippen LogP) is 3.83. The van der Waals surface area contributed by atoms with Crippen LogP contribution < -0.4 is 15.5 Å². The van der Waals surface area contributed by atoms with Crippen molar-refractivity contribution in [3.05, 3.63) is 45.9 Å². The summed E-state index contributed by atoms with van der Waals surface area (Å²) in [4.78, 5) is 12.9. The molecule has 1 atom stereocenters. The second kappa shape index (κ2) is 10.8. The molecule has 2 aromatic rings. The van der Waals surface area contributed by atoms with Crippen LogP contribution in [-0.2, 0) is 19.4 Å². The van der Waals surface area contributed by atoms with Gasteiger partial charge in [0.1, 0.15) is 5.01 Å². The van der Waals surface area contributed by atoms with E-state index in [4.69, 9.17) is 4.99 Å². The van der Waals surface area contributed by atoms with Gasteiger partial charge in [0.2, 0.25) is 0 Å². The average molecular weight is 499 g/mol. The number of anilines is 1. The van der Waals surface area contributed by atoms with Crippen LogP contribution in [0, 0.1) is 0 Å². The summed E-state index contributed by atoms with van der Waals surface area (Å²) in [5, 5.41) is 7.90. The first-order chi connectivity index (χ1) is 12.7. The summed E-state index contributed by atoms with van der Waals surface area (Å²) in [5.74, 6) is 0.861. The Bertz CT molecular complexity index is 745. The lowest BCUT2D eigenvalue weighted by Gasteiger charge is -2.28. The number of aryl methyl sites for hydroxylation is 1. The van der Waals surface area contributed by atoms with Crippen molar-refractivity contribution in [2.24, 2.45) is 4.99 Å². The van der Waals surface area contributed by atoms with Gasteiger partial charge < -0.3 is 15.5 Å². The molecule has 0 bridgehead atoms. The molecule has 148 valence electrons. The number of hydrogen-bond acceptors (Lipinski definition) is 4. The molecule has 1 aliphatic rings. The molecule has 0 saturated carbocycles. The van der Waals surface area contributed by atoms with Gasteiger partial charge in [-0.15, -0.1) is 35.3 Å². The van der Waals surface area contributed by atoms with E-state index in [0.29, 0.717) is 12.6 Å². The number of rotatable bonds is 7. The molecule has 7 heteroatoms. The van der Waals surface area contributed by atoms with Gasteiger partial charge in [-0.1, -0.05) is 25.1 Å². The molecule has 0 fully saturated rings. The highest BCUT2D eigenvalue weighted by Gasteiger charge is 2.22. The Morgan fingerprint density at radius 1 is 1.30 bits per heavy atom. The second-order valence-corrected chi connectivity index (χ2v) is 7.77. The molecule has 0 amide bonds. The maximum Gasteiger partial charge on any atom is 0.191 e. The Morgan fingerprint density at radius 2 is 2.11 bits per heavy atom. The van der Waals surface area contributed by atoms with Crippen LogP contribution in [0.4, 0.5) is 5.69 Å². The van der Waals surface area contributed by atoms with E-state index >= 15 is 0 Å². The van der Waals surface area contributed by atoms with Crippen molar-refractivity contribution in [2.75, 3.05) is 24.5 Å². The number of guanidine groups is 1. The SMILES string of the molecule is CCNC(=NCc1ncc(CC)s1)NCC(C)N1CCc2ccccc21.I. The fourth-order valence-electron chi connectivity index (χ4n) is 3.25. The zero-order chi connectivity index (χ0) is 18.4. The summed E-state index contributed by atoms with van der Waals surface area (Å²) in [6.45, 7) is 9.95. The number of para-hydroxylation sites is 1. The van der Waals surface area contributed by atoms with Crippen molar-refractivity contribution in [1.29, 1.82) is 0 Å². The van der Waals surface area contributed by atoms with E-state index in [-0.39, 0.29) is 24.0 Å². The summed E-state index contributed by atoms with van der Waals surface area (Å²) in [6, 6.07) is 9.13. The summed E-state index contributed by atoms with van der Waals surface area (Å²) < 4.78 is 0. The molecule has 0 radical (unpaired) electrons. The maximum atomic E-state index is 4.70. The molecule has 5 nitrogen and oxygen atoms in total. The minimum atomic E-state index is 0. The Morgan fingerprint density at radius 3 is 2.85 bits per heavy atom. The number of nitrogens with zero attached hydrogens (tertiary/aromatic N) is 3. The molecule has 1 aromatic heterocycles. The molecule has 2 heterocycles. The fraction of sp³-hybridized carbons (Fsp3) is 0.500. The minimum Gasteiger partial charge on any atom is -0.366 e. The largest absolute Gasteiger partial charge is 0.366 e. The quantitative estimate of drug-likeness (QED) is 0.346. The third-order valence-electron chi connectivity index (χ3n) is 4.69. The monoisotopic (exact) mass is 499 g/mol. The zero-order valence-corrected chi connectivity index (χ0v) is 19.5. The molecule has 1 aromatic carbocycles. The van der Waals surface area contributed by atoms with Crippen LogP contribution in [0.5, 0.6) is 0 Å². The van der Waals surface area contributed by atoms with E-state index in [1.54, 1.807) is 11.3 Å². The number of aliphatic imine (C=N–C) groups is 1. The van der Waals surface area contributed by atoms with Gasteiger partial charge in [-0.3, -0.25) is 0 Å². The van der Waals surface area contributed by atoms with Crippen LogP contribution >= 0.6 is 35.3 Å². The Kier molecular flexibility index (Phi) is 8.82. The summed E-state index contributed by atoms with van der Waals surface area (Å²) in [5.41, 5.74) is 2.83. The molecule has 0 spiro atoms. The first-order valence-corrected chi connectivity index (χ1v) is 10.3. The Hall–Kier alpha value is -1.35. The smallest absolute Gasteiger partial charge is 0.191 e. The predicted molar refractivity (Wildman–Crippen MR) is 127 cm³/mol. The van der Waals surface area contributed by atoms with Gasteiger partial charge in [-0.2, -0.15) is 0 Å². The lowest BCUT2D eigenvalue weighted by Crippen LogP contribution is -2.45. The molecule has 1 unspecified atom stereocenters. The van der Waals surface area contributed by atoms with Crippen molar-refractivity contribution >= 4 is 47.0 Å². The van der Waals surface area contributed by atoms with Gasteiger partial charge in [-0.05, 0) is 38.3 Å². The summed E-state index contributed by atoms with van der Waals surface area (Å²) in [6.07, 6.45) is 4.13. The number of aromatic nitrogens is 1. The van der Waals surface area contributed by atoms with Crippen molar-refractivity contribution < 1.29 is 0 Å². The highest BCUT2D eigenvalue weighted by molar-refractivity contribution is 14.0. The van der Waals surface area contributed by atoms with Gasteiger partial charge in [0.15, 0.2) is 5.96 Å². The Labute approximate surface area is 183 Å². The number of fused-ring (bicyclic) bond motifs is 1. The van der Waals surface area contributed by atoms with Gasteiger partial charge in [0, 0.05) is 42.4 Å². The van der Waals surface area contributed by atoms with Gasteiger partial charge in [0.25, 0.3) is 0 Å². The average Bonchev–Trinajstić information content (AvgIpc) is 3.30. The molecule has 27 heavy (non-hydrogen) atoms. The number of benzene rings is 1. The third-order valence-corrected chi connectivity index (χ3v) is 5.81. The molecular weight excluding hydrogens is 469 g/mol. The van der Waals surface area contributed by atoms with Crippen LogP contribution in [0.15, 0.2) is 35.5 Å². The Balaban J connectivity index is 0.00000261. The van der Waals surface area contributed by atoms with E-state index in [9.17, 15) is 0 Å². The van der Waals surface area contributed by atoms with E-state index < -0.39 is 0 Å². The van der Waals surface area contributed by atoms with Crippen LogP contribution in [0.2, 0.25) is 0 Å². The summed E-state index contributed by atoms with van der Waals surface area (Å²) in [7, 11) is 0. The normalized spacial score (nSPS) is 14.5. The number of nitrogens with one attached hydrogen (secondary N) is 2. The topological polar surface area (TPSA) is 52.6 Å². The lowest BCUT2D eigenvalue weighted by molar-refractivity contribution is 0.625. The molecule has 1 aliphatic heterocycles. The standard InChI is InChI=1S/C20H29N5S.HI/c1-4-17-13-22-19(26-17)14-24-20(21-5-2)23-12-15(3)25-11-10-16-8-6-7-9-18(16)25;/h6-9,13,15H,4-5,10-12,14H2,1-3H3,(H2,21,23,24);1H. The lowest BCUT2D eigenvalue weighted by atomic mass is 10.2. The molecule has 2 N–H and O–H groups in total. The highest BCUT2D eigenvalue weighted by atomic mass is 127. The van der Waals surface area contributed by atoms with E-state index in [1.165, 1.54) is 16.1 Å². The fourth-order valence-corrected chi connectivity index (χ4v) is 4.04. The first kappa shape index (κ1) is 21.9. The molecule has 0 saturated heterocycles. The summed E-state index contributed by atoms with van der Waals surface area (Å²) >= 11 is 1.75. The number of thiazole rings is 1. The first-order valence-electron chi connectivity index (χ1n) is 9.51. The molecule has 0 aliphatic carbocycles. The molecular formula is C20H30IN5S. The van der Waals surface area contributed by atoms with Gasteiger partial charge in [-0.25, -0.2) is 9.98 Å². The van der Waals surface area contributed by atoms with Crippen LogP contribution in [0.3, 0.4) is 0 Å². The molecule has 3 rings (SSSR count). The van der Waals surface area contributed by atoms with Crippen molar-refractivity contribution in [3.8, 4) is 0 Å². The van der Waals surface area contributed by atoms with Crippen LogP contribution in [0.1, 0.15) is 36.2 Å². The number of halogens is 1. The minimum absolute atomic E-state index is 0. The van der Waals surface area contributed by atoms with E-state index in [2.05, 4.69) is 65.6 Å². The highest BCUT2D eigenvalue weighted by Crippen LogP contribution is 2.28. The van der Waals surface area contributed by atoms with Crippen molar-refractivity contribution in [1.82, 2.24) is 15.6 Å². The van der Waals surface area contributed by atoms with Crippen LogP contribution in [-0.4, -0.2) is 36.6 Å². The van der Waals surface area contributed by atoms with E-state index in [0.717, 1.165) is 43.4 Å². The van der Waals surface area contributed by atoms with Gasteiger partial charge in [0.05, 0.1) is 6.54 Å². The number of hydrogen-bond donors (Lipinski definition) is 2. The maximum absolute atomic E-state index is 4.70. The van der Waals surface area contributed by atoms with Crippen LogP contribution in [0.25, 0.3) is 0 Å². The van der Waals surface area contributed by atoms with Crippen molar-refractivity contribution in [3.63, 3.8) is 0 Å². The zero-order valence-electron chi connectivity index (χ0n) is 16.4. The van der Waals surface area contributed by atoms with Gasteiger partial charge >= 0.3 is 0 Å². The second-order valence-electron chi connectivity index (χ2n) is 6.57. The van der Waals surface area contributed by atoms with Crippen molar-refractivity contribution in [2.45, 2.75) is 46.2 Å².